The Morgan fingerprint density at radius 1 is 1.14 bits per heavy atom. The average Bonchev–Trinajstić information content (AvgIpc) is 3.22. The molecular weight excluding hydrogens is 561 g/mol. The largest absolute Gasteiger partial charge is 0.497 e. The van der Waals surface area contributed by atoms with Gasteiger partial charge in [-0.25, -0.2) is 0 Å². The number of piperidine rings is 1. The molecule has 9 heteroatoms. The molecule has 8 nitrogen and oxygen atoms in total. The molecule has 35 heavy (non-hydrogen) atoms. The third-order valence-corrected chi connectivity index (χ3v) is 7.42. The molecule has 2 unspecified atom stereocenters. The van der Waals surface area contributed by atoms with Crippen molar-refractivity contribution in [2.24, 2.45) is 5.92 Å². The van der Waals surface area contributed by atoms with Crippen LogP contribution in [0, 0.1) is 9.49 Å². The monoisotopic (exact) mass is 597 g/mol. The lowest BCUT2D eigenvalue weighted by molar-refractivity contribution is -0.243. The molecule has 3 heterocycles. The Bertz CT molecular complexity index is 1040. The summed E-state index contributed by atoms with van der Waals surface area (Å²) in [6.45, 7) is 8.47. The molecule has 2 aliphatic heterocycles. The third kappa shape index (κ3) is 5.95. The predicted octanol–water partition coefficient (Wildman–Crippen LogP) is 4.11. The Morgan fingerprint density at radius 2 is 1.86 bits per heavy atom. The average molecular weight is 597 g/mol. The summed E-state index contributed by atoms with van der Waals surface area (Å²) in [5.41, 5.74) is 1.28. The topological polar surface area (TPSA) is 76.4 Å². The Kier molecular flexibility index (Phi) is 7.99. The van der Waals surface area contributed by atoms with Crippen LogP contribution in [0.5, 0.6) is 11.5 Å². The first kappa shape index (κ1) is 26.2. The van der Waals surface area contributed by atoms with Gasteiger partial charge in [-0.1, -0.05) is 0 Å². The van der Waals surface area contributed by atoms with E-state index in [1.54, 1.807) is 14.2 Å². The first-order valence-electron chi connectivity index (χ1n) is 12.1. The fourth-order valence-corrected chi connectivity index (χ4v) is 5.66. The Balaban J connectivity index is 1.52. The highest BCUT2D eigenvalue weighted by Gasteiger charge is 2.38. The first-order valence-corrected chi connectivity index (χ1v) is 13.1. The van der Waals surface area contributed by atoms with Crippen molar-refractivity contribution in [2.45, 2.75) is 58.2 Å². The number of hydrogen-bond acceptors (Lipinski definition) is 6. The summed E-state index contributed by atoms with van der Waals surface area (Å²) < 4.78 is 19.9. The molecule has 2 atom stereocenters. The molecule has 1 saturated heterocycles. The highest BCUT2D eigenvalue weighted by molar-refractivity contribution is 14.1. The fourth-order valence-electron chi connectivity index (χ4n) is 5.07. The van der Waals surface area contributed by atoms with Gasteiger partial charge >= 0.3 is 0 Å². The highest BCUT2D eigenvalue weighted by Crippen LogP contribution is 2.37. The number of likely N-dealkylation sites (tertiary alicyclic amines) is 1. The lowest BCUT2D eigenvalue weighted by atomic mass is 9.87. The van der Waals surface area contributed by atoms with E-state index < -0.39 is 12.0 Å². The second-order valence-corrected chi connectivity index (χ2v) is 11.6. The van der Waals surface area contributed by atoms with Gasteiger partial charge in [-0.2, -0.15) is 0 Å². The van der Waals surface area contributed by atoms with E-state index in [0.29, 0.717) is 24.8 Å². The van der Waals surface area contributed by atoms with Gasteiger partial charge in [0.05, 0.1) is 25.9 Å². The number of amides is 1. The number of hydrogen-bond donors (Lipinski definition) is 1. The number of rotatable bonds is 7. The number of aliphatic hydroxyl groups excluding tert-OH is 1. The molecule has 0 radical (unpaired) electrons. The summed E-state index contributed by atoms with van der Waals surface area (Å²) in [4.78, 5) is 17.4. The van der Waals surface area contributed by atoms with Gasteiger partial charge < -0.3 is 28.8 Å². The Morgan fingerprint density at radius 3 is 2.49 bits per heavy atom. The number of carbonyl (C=O) groups is 1. The van der Waals surface area contributed by atoms with Crippen LogP contribution < -0.4 is 9.47 Å². The smallest absolute Gasteiger partial charge is 0.270 e. The fraction of sp³-hybridized carbons (Fsp3) is 0.577. The minimum Gasteiger partial charge on any atom is -0.497 e. The Labute approximate surface area is 221 Å². The van der Waals surface area contributed by atoms with E-state index in [-0.39, 0.29) is 11.9 Å². The number of benzene rings is 1. The normalized spacial score (nSPS) is 20.6. The van der Waals surface area contributed by atoms with Gasteiger partial charge in [0.1, 0.15) is 17.2 Å². The summed E-state index contributed by atoms with van der Waals surface area (Å²) >= 11 is 2.28. The van der Waals surface area contributed by atoms with Gasteiger partial charge in [0.25, 0.3) is 5.91 Å². The van der Waals surface area contributed by atoms with Gasteiger partial charge in [0.15, 0.2) is 0 Å². The van der Waals surface area contributed by atoms with Crippen LogP contribution in [0.25, 0.3) is 0 Å². The minimum absolute atomic E-state index is 0.0356. The van der Waals surface area contributed by atoms with Crippen molar-refractivity contribution in [1.29, 1.82) is 0 Å². The summed E-state index contributed by atoms with van der Waals surface area (Å²) in [7, 11) is 3.26. The molecule has 1 aromatic heterocycles. The molecule has 1 amide bonds. The van der Waals surface area contributed by atoms with Crippen molar-refractivity contribution in [3.8, 4) is 11.5 Å². The molecule has 0 saturated carbocycles. The van der Waals surface area contributed by atoms with Crippen molar-refractivity contribution in [3.05, 3.63) is 45.3 Å². The molecule has 1 aromatic carbocycles. The van der Waals surface area contributed by atoms with E-state index in [9.17, 15) is 9.90 Å². The van der Waals surface area contributed by atoms with Crippen LogP contribution in [0.4, 0.5) is 0 Å². The highest BCUT2D eigenvalue weighted by atomic mass is 127. The summed E-state index contributed by atoms with van der Waals surface area (Å²) in [5.74, 6) is 1.86. The van der Waals surface area contributed by atoms with Crippen molar-refractivity contribution in [1.82, 2.24) is 14.4 Å². The standard InChI is InChI=1S/C26H36IN3O5/c1-26(2,3)35-25(32)28-10-8-17(9-11-28)22-16-29(24(31)21-12-19(27)15-30(21)22)14-18-6-7-20(33-4)13-23(18)34-5/h6-7,12-13,15,17,22,25,32H,8-11,14,16H2,1-5H3. The SMILES string of the molecule is COc1ccc(CN2CC(C3CCN(C(O)OC(C)(C)C)CC3)n3cc(I)cc3C2=O)c(OC)c1. The van der Waals surface area contributed by atoms with Crippen molar-refractivity contribution < 1.29 is 24.1 Å². The molecular formula is C26H36IN3O5. The van der Waals surface area contributed by atoms with Crippen LogP contribution in [0.15, 0.2) is 30.5 Å². The van der Waals surface area contributed by atoms with E-state index in [2.05, 4.69) is 33.4 Å². The number of methoxy groups -OCH3 is 2. The quantitative estimate of drug-likeness (QED) is 0.383. The van der Waals surface area contributed by atoms with Gasteiger partial charge in [0, 0.05) is 47.6 Å². The second kappa shape index (κ2) is 10.7. The number of ether oxygens (including phenoxy) is 3. The molecule has 0 spiro atoms. The number of fused-ring (bicyclic) bond motifs is 1. The second-order valence-electron chi connectivity index (χ2n) is 10.3. The van der Waals surface area contributed by atoms with Crippen molar-refractivity contribution in [3.63, 3.8) is 0 Å². The zero-order valence-electron chi connectivity index (χ0n) is 21.2. The molecule has 4 rings (SSSR count). The first-order chi connectivity index (χ1) is 16.6. The maximum Gasteiger partial charge on any atom is 0.270 e. The lowest BCUT2D eigenvalue weighted by Gasteiger charge is -2.43. The molecule has 192 valence electrons. The molecule has 2 aromatic rings. The van der Waals surface area contributed by atoms with Gasteiger partial charge in [-0.3, -0.25) is 9.69 Å². The van der Waals surface area contributed by atoms with E-state index in [4.69, 9.17) is 14.2 Å². The summed E-state index contributed by atoms with van der Waals surface area (Å²) in [6, 6.07) is 7.87. The number of carbonyl (C=O) groups excluding carboxylic acids is 1. The molecule has 0 bridgehead atoms. The molecule has 2 aliphatic rings. The van der Waals surface area contributed by atoms with Gasteiger partial charge in [0.2, 0.25) is 6.41 Å². The van der Waals surface area contributed by atoms with Gasteiger partial charge in [-0.15, -0.1) is 0 Å². The van der Waals surface area contributed by atoms with E-state index in [1.165, 1.54) is 0 Å². The molecule has 0 aliphatic carbocycles. The minimum atomic E-state index is -0.897. The van der Waals surface area contributed by atoms with Gasteiger partial charge in [-0.05, 0) is 80.3 Å². The number of aliphatic hydroxyl groups is 1. The van der Waals surface area contributed by atoms with E-state index in [1.807, 2.05) is 54.8 Å². The number of aromatic nitrogens is 1. The summed E-state index contributed by atoms with van der Waals surface area (Å²) in [5, 5.41) is 10.5. The van der Waals surface area contributed by atoms with E-state index >= 15 is 0 Å². The molecule has 1 fully saturated rings. The van der Waals surface area contributed by atoms with Crippen LogP contribution in [0.1, 0.15) is 55.7 Å². The number of halogens is 1. The van der Waals surface area contributed by atoms with Crippen molar-refractivity contribution >= 4 is 28.5 Å². The Hall–Kier alpha value is -1.82. The zero-order valence-corrected chi connectivity index (χ0v) is 23.3. The van der Waals surface area contributed by atoms with Crippen LogP contribution in [0.3, 0.4) is 0 Å². The van der Waals surface area contributed by atoms with E-state index in [0.717, 1.165) is 46.5 Å². The molecule has 1 N–H and O–H groups in total. The maximum atomic E-state index is 13.4. The van der Waals surface area contributed by atoms with Crippen molar-refractivity contribution in [2.75, 3.05) is 33.9 Å². The predicted molar refractivity (Wildman–Crippen MR) is 142 cm³/mol. The zero-order chi connectivity index (χ0) is 25.3. The van der Waals surface area contributed by atoms with Crippen LogP contribution in [-0.4, -0.2) is 71.2 Å². The number of nitrogens with zero attached hydrogens (tertiary/aromatic N) is 3. The third-order valence-electron chi connectivity index (χ3n) is 6.83. The van der Waals surface area contributed by atoms with Crippen LogP contribution in [-0.2, 0) is 11.3 Å². The van der Waals surface area contributed by atoms with Crippen LogP contribution >= 0.6 is 22.6 Å². The van der Waals surface area contributed by atoms with Crippen LogP contribution in [0.2, 0.25) is 0 Å². The summed E-state index contributed by atoms with van der Waals surface area (Å²) in [6.07, 6.45) is 3.05. The maximum absolute atomic E-state index is 13.4. The lowest BCUT2D eigenvalue weighted by Crippen LogP contribution is -2.49.